The number of nitrogens with one attached hydrogen (secondary N) is 1. The lowest BCUT2D eigenvalue weighted by molar-refractivity contribution is -0.113. The third-order valence-corrected chi connectivity index (χ3v) is 5.99. The summed E-state index contributed by atoms with van der Waals surface area (Å²) in [7, 11) is 1.56. The molecule has 0 saturated heterocycles. The third-order valence-electron chi connectivity index (χ3n) is 4.53. The van der Waals surface area contributed by atoms with Crippen molar-refractivity contribution >= 4 is 39.3 Å². The number of amides is 1. The molecule has 3 aromatic carbocycles. The maximum atomic E-state index is 14.6. The summed E-state index contributed by atoms with van der Waals surface area (Å²) in [5.41, 5.74) is 1.64. The molecule has 0 atom stereocenters. The van der Waals surface area contributed by atoms with Gasteiger partial charge in [-0.15, -0.1) is 10.2 Å². The van der Waals surface area contributed by atoms with Crippen LogP contribution in [0.25, 0.3) is 17.1 Å². The molecular formula is C23H18BrFN4O2S. The fraction of sp³-hybridized carbons (Fsp3) is 0.0870. The van der Waals surface area contributed by atoms with E-state index in [1.807, 2.05) is 30.3 Å². The van der Waals surface area contributed by atoms with Gasteiger partial charge in [-0.1, -0.05) is 52.0 Å². The van der Waals surface area contributed by atoms with Crippen LogP contribution in [0.1, 0.15) is 0 Å². The fourth-order valence-electron chi connectivity index (χ4n) is 3.07. The van der Waals surface area contributed by atoms with Crippen molar-refractivity contribution in [1.82, 2.24) is 14.8 Å². The number of thioether (sulfide) groups is 1. The second kappa shape index (κ2) is 9.97. The molecule has 0 saturated carbocycles. The van der Waals surface area contributed by atoms with Crippen LogP contribution >= 0.6 is 27.7 Å². The SMILES string of the molecule is COc1ccccc1-n1c(SCC(=O)Nc2ccc(Br)cc2)nnc1-c1ccccc1F. The van der Waals surface area contributed by atoms with E-state index in [4.69, 9.17) is 4.74 Å². The quantitative estimate of drug-likeness (QED) is 0.327. The first-order valence-electron chi connectivity index (χ1n) is 9.58. The maximum Gasteiger partial charge on any atom is 0.234 e. The lowest BCUT2D eigenvalue weighted by atomic mass is 10.2. The molecule has 1 aromatic heterocycles. The Morgan fingerprint density at radius 2 is 1.78 bits per heavy atom. The number of carbonyl (C=O) groups is 1. The minimum Gasteiger partial charge on any atom is -0.495 e. The normalized spacial score (nSPS) is 10.7. The minimum atomic E-state index is -0.416. The van der Waals surface area contributed by atoms with Gasteiger partial charge in [-0.2, -0.15) is 0 Å². The molecule has 9 heteroatoms. The Morgan fingerprint density at radius 3 is 2.53 bits per heavy atom. The number of carbonyl (C=O) groups excluding carboxylic acids is 1. The van der Waals surface area contributed by atoms with E-state index in [1.165, 1.54) is 17.8 Å². The second-order valence-corrected chi connectivity index (χ2v) is 8.50. The third kappa shape index (κ3) is 4.84. The van der Waals surface area contributed by atoms with Crippen molar-refractivity contribution in [2.45, 2.75) is 5.16 Å². The molecule has 32 heavy (non-hydrogen) atoms. The highest BCUT2D eigenvalue weighted by atomic mass is 79.9. The van der Waals surface area contributed by atoms with Gasteiger partial charge >= 0.3 is 0 Å². The average molecular weight is 513 g/mol. The molecule has 0 aliphatic heterocycles. The molecule has 162 valence electrons. The van der Waals surface area contributed by atoms with Gasteiger partial charge in [0.15, 0.2) is 11.0 Å². The van der Waals surface area contributed by atoms with E-state index >= 15 is 0 Å². The van der Waals surface area contributed by atoms with E-state index in [0.29, 0.717) is 33.7 Å². The molecule has 1 N–H and O–H groups in total. The molecule has 0 aliphatic rings. The van der Waals surface area contributed by atoms with Crippen molar-refractivity contribution < 1.29 is 13.9 Å². The highest BCUT2D eigenvalue weighted by molar-refractivity contribution is 9.10. The van der Waals surface area contributed by atoms with E-state index in [9.17, 15) is 9.18 Å². The molecule has 0 bridgehead atoms. The summed E-state index contributed by atoms with van der Waals surface area (Å²) >= 11 is 4.57. The zero-order valence-corrected chi connectivity index (χ0v) is 19.4. The molecule has 0 spiro atoms. The Kier molecular flexibility index (Phi) is 6.87. The number of halogens is 2. The largest absolute Gasteiger partial charge is 0.495 e. The second-order valence-electron chi connectivity index (χ2n) is 6.64. The lowest BCUT2D eigenvalue weighted by Crippen LogP contribution is -2.14. The van der Waals surface area contributed by atoms with E-state index < -0.39 is 5.82 Å². The molecule has 0 fully saturated rings. The zero-order valence-electron chi connectivity index (χ0n) is 17.0. The monoisotopic (exact) mass is 512 g/mol. The van der Waals surface area contributed by atoms with E-state index in [2.05, 4.69) is 31.4 Å². The molecule has 0 aliphatic carbocycles. The molecule has 4 aromatic rings. The predicted octanol–water partition coefficient (Wildman–Crippen LogP) is 5.58. The van der Waals surface area contributed by atoms with E-state index in [0.717, 1.165) is 4.47 Å². The number of hydrogen-bond donors (Lipinski definition) is 1. The van der Waals surface area contributed by atoms with Crippen LogP contribution in [0.3, 0.4) is 0 Å². The van der Waals surface area contributed by atoms with Gasteiger partial charge in [-0.05, 0) is 48.5 Å². The number of benzene rings is 3. The summed E-state index contributed by atoms with van der Waals surface area (Å²) in [5.74, 6) is 0.384. The number of rotatable bonds is 7. The summed E-state index contributed by atoms with van der Waals surface area (Å²) in [4.78, 5) is 12.5. The number of nitrogens with zero attached hydrogens (tertiary/aromatic N) is 3. The van der Waals surface area contributed by atoms with Crippen molar-refractivity contribution in [3.05, 3.63) is 83.1 Å². The number of para-hydroxylation sites is 2. The van der Waals surface area contributed by atoms with Crippen LogP contribution < -0.4 is 10.1 Å². The van der Waals surface area contributed by atoms with Gasteiger partial charge in [0.1, 0.15) is 11.6 Å². The predicted molar refractivity (Wildman–Crippen MR) is 127 cm³/mol. The number of methoxy groups -OCH3 is 1. The van der Waals surface area contributed by atoms with E-state index in [-0.39, 0.29) is 11.7 Å². The number of hydrogen-bond acceptors (Lipinski definition) is 5. The van der Waals surface area contributed by atoms with Crippen LogP contribution in [0.5, 0.6) is 5.75 Å². The molecule has 4 rings (SSSR count). The van der Waals surface area contributed by atoms with Crippen molar-refractivity contribution in [2.75, 3.05) is 18.2 Å². The fourth-order valence-corrected chi connectivity index (χ4v) is 4.08. The Balaban J connectivity index is 1.65. The van der Waals surface area contributed by atoms with E-state index in [1.54, 1.807) is 48.1 Å². The van der Waals surface area contributed by atoms with Crippen molar-refractivity contribution in [3.63, 3.8) is 0 Å². The van der Waals surface area contributed by atoms with Crippen LogP contribution in [0.2, 0.25) is 0 Å². The van der Waals surface area contributed by atoms with Crippen LogP contribution in [0, 0.1) is 5.82 Å². The highest BCUT2D eigenvalue weighted by Crippen LogP contribution is 2.33. The summed E-state index contributed by atoms with van der Waals surface area (Å²) < 4.78 is 22.7. The number of anilines is 1. The van der Waals surface area contributed by atoms with Crippen molar-refractivity contribution in [1.29, 1.82) is 0 Å². The van der Waals surface area contributed by atoms with Crippen LogP contribution in [0.4, 0.5) is 10.1 Å². The topological polar surface area (TPSA) is 69.0 Å². The molecule has 0 unspecified atom stereocenters. The molecule has 1 amide bonds. The van der Waals surface area contributed by atoms with Crippen molar-refractivity contribution in [3.8, 4) is 22.8 Å². The Hall–Kier alpha value is -3.17. The first-order valence-corrected chi connectivity index (χ1v) is 11.4. The van der Waals surface area contributed by atoms with Crippen LogP contribution in [0.15, 0.2) is 82.4 Å². The standard InChI is InChI=1S/C23H18BrFN4O2S/c1-31-20-9-5-4-8-19(20)29-22(17-6-2-3-7-18(17)25)27-28-23(29)32-14-21(30)26-16-12-10-15(24)11-13-16/h2-13H,14H2,1H3,(H,26,30). The summed E-state index contributed by atoms with van der Waals surface area (Å²) in [6.07, 6.45) is 0. The molecule has 1 heterocycles. The highest BCUT2D eigenvalue weighted by Gasteiger charge is 2.21. The first kappa shape index (κ1) is 22.0. The molecular weight excluding hydrogens is 495 g/mol. The van der Waals surface area contributed by atoms with Gasteiger partial charge in [-0.25, -0.2) is 4.39 Å². The Labute approximate surface area is 197 Å². The summed E-state index contributed by atoms with van der Waals surface area (Å²) in [6, 6.07) is 21.0. The summed E-state index contributed by atoms with van der Waals surface area (Å²) in [6.45, 7) is 0. The van der Waals surface area contributed by atoms with Gasteiger partial charge in [0, 0.05) is 10.2 Å². The smallest absolute Gasteiger partial charge is 0.234 e. The van der Waals surface area contributed by atoms with Crippen LogP contribution in [-0.4, -0.2) is 33.5 Å². The number of aromatic nitrogens is 3. The molecule has 6 nitrogen and oxygen atoms in total. The number of ether oxygens (including phenoxy) is 1. The van der Waals surface area contributed by atoms with Crippen molar-refractivity contribution in [2.24, 2.45) is 0 Å². The van der Waals surface area contributed by atoms with Gasteiger partial charge < -0.3 is 10.1 Å². The Bertz CT molecular complexity index is 1250. The van der Waals surface area contributed by atoms with Crippen LogP contribution in [-0.2, 0) is 4.79 Å². The van der Waals surface area contributed by atoms with Gasteiger partial charge in [0.05, 0.1) is 24.1 Å². The Morgan fingerprint density at radius 1 is 1.06 bits per heavy atom. The minimum absolute atomic E-state index is 0.0978. The lowest BCUT2D eigenvalue weighted by Gasteiger charge is -2.14. The van der Waals surface area contributed by atoms with Gasteiger partial charge in [-0.3, -0.25) is 9.36 Å². The average Bonchev–Trinajstić information content (AvgIpc) is 3.23. The molecule has 0 radical (unpaired) electrons. The van der Waals surface area contributed by atoms with Gasteiger partial charge in [0.25, 0.3) is 0 Å². The maximum absolute atomic E-state index is 14.6. The zero-order chi connectivity index (χ0) is 22.5. The first-order chi connectivity index (χ1) is 15.6. The van der Waals surface area contributed by atoms with Gasteiger partial charge in [0.2, 0.25) is 5.91 Å². The summed E-state index contributed by atoms with van der Waals surface area (Å²) in [5, 5.41) is 11.8.